The first-order valence-electron chi connectivity index (χ1n) is 5.91. The van der Waals surface area contributed by atoms with E-state index in [0.29, 0.717) is 0 Å². The maximum Gasteiger partial charge on any atom is 0.573 e. The molecule has 18 heavy (non-hydrogen) atoms. The number of nitrogens with one attached hydrogen (secondary N) is 1. The number of hydrogen-bond acceptors (Lipinski definition) is 2. The summed E-state index contributed by atoms with van der Waals surface area (Å²) in [6.07, 6.45) is -1.93. The van der Waals surface area contributed by atoms with Gasteiger partial charge in [-0.15, -0.1) is 13.2 Å². The fraction of sp³-hybridized carbons (Fsp3) is 0.538. The van der Waals surface area contributed by atoms with Crippen LogP contribution in [-0.4, -0.2) is 20.0 Å². The van der Waals surface area contributed by atoms with Crippen molar-refractivity contribution in [3.8, 4) is 5.75 Å². The molecule has 0 atom stereocenters. The van der Waals surface area contributed by atoms with Crippen LogP contribution < -0.4 is 10.1 Å². The van der Waals surface area contributed by atoms with E-state index in [1.54, 1.807) is 6.92 Å². The number of halogens is 3. The molecule has 0 heterocycles. The normalized spacial score (nSPS) is 11.6. The highest BCUT2D eigenvalue weighted by atomic mass is 19.4. The highest BCUT2D eigenvalue weighted by Gasteiger charge is 2.31. The summed E-state index contributed by atoms with van der Waals surface area (Å²) in [7, 11) is 1.88. The van der Waals surface area contributed by atoms with Crippen molar-refractivity contribution in [1.29, 1.82) is 0 Å². The van der Waals surface area contributed by atoms with E-state index in [1.807, 2.05) is 13.1 Å². The van der Waals surface area contributed by atoms with Crippen molar-refractivity contribution in [2.24, 2.45) is 0 Å². The molecule has 0 saturated heterocycles. The molecule has 1 aromatic carbocycles. The molecule has 0 aliphatic carbocycles. The third kappa shape index (κ3) is 5.91. The van der Waals surface area contributed by atoms with Gasteiger partial charge in [0, 0.05) is 0 Å². The maximum absolute atomic E-state index is 12.1. The first-order chi connectivity index (χ1) is 8.40. The van der Waals surface area contributed by atoms with Crippen LogP contribution in [0.2, 0.25) is 0 Å². The third-order valence-corrected chi connectivity index (χ3v) is 2.49. The molecular weight excluding hydrogens is 243 g/mol. The minimum absolute atomic E-state index is 0.133. The minimum atomic E-state index is -4.63. The largest absolute Gasteiger partial charge is 0.573 e. The topological polar surface area (TPSA) is 21.3 Å². The number of benzene rings is 1. The third-order valence-electron chi connectivity index (χ3n) is 2.49. The SMILES string of the molecule is CNCCCCc1cc(C)cc(OC(F)(F)F)c1. The molecule has 0 aliphatic heterocycles. The van der Waals surface area contributed by atoms with Gasteiger partial charge in [0.05, 0.1) is 0 Å². The van der Waals surface area contributed by atoms with Crippen LogP contribution in [0.1, 0.15) is 24.0 Å². The quantitative estimate of drug-likeness (QED) is 0.792. The summed E-state index contributed by atoms with van der Waals surface area (Å²) < 4.78 is 40.3. The standard InChI is InChI=1S/C13H18F3NO/c1-10-7-11(5-3-4-6-17-2)9-12(8-10)18-13(14,15)16/h7-9,17H,3-6H2,1-2H3. The van der Waals surface area contributed by atoms with Gasteiger partial charge in [0.1, 0.15) is 5.75 Å². The Morgan fingerprint density at radius 2 is 1.89 bits per heavy atom. The van der Waals surface area contributed by atoms with E-state index in [-0.39, 0.29) is 5.75 Å². The summed E-state index contributed by atoms with van der Waals surface area (Å²) >= 11 is 0. The van der Waals surface area contributed by atoms with Crippen LogP contribution in [0.5, 0.6) is 5.75 Å². The van der Waals surface area contributed by atoms with E-state index < -0.39 is 6.36 Å². The van der Waals surface area contributed by atoms with Crippen molar-refractivity contribution < 1.29 is 17.9 Å². The van der Waals surface area contributed by atoms with E-state index >= 15 is 0 Å². The van der Waals surface area contributed by atoms with Crippen LogP contribution in [-0.2, 0) is 6.42 Å². The first-order valence-corrected chi connectivity index (χ1v) is 5.91. The molecule has 0 amide bonds. The van der Waals surface area contributed by atoms with E-state index in [4.69, 9.17) is 0 Å². The van der Waals surface area contributed by atoms with Gasteiger partial charge in [0.15, 0.2) is 0 Å². The zero-order valence-electron chi connectivity index (χ0n) is 10.6. The lowest BCUT2D eigenvalue weighted by atomic mass is 10.1. The molecule has 0 saturated carbocycles. The number of aryl methyl sites for hydroxylation is 2. The van der Waals surface area contributed by atoms with Crippen molar-refractivity contribution in [2.45, 2.75) is 32.5 Å². The number of ether oxygens (including phenoxy) is 1. The second kappa shape index (κ2) is 6.64. The van der Waals surface area contributed by atoms with Crippen molar-refractivity contribution in [3.63, 3.8) is 0 Å². The van der Waals surface area contributed by atoms with Gasteiger partial charge < -0.3 is 10.1 Å². The Bertz CT molecular complexity index is 377. The van der Waals surface area contributed by atoms with E-state index in [0.717, 1.165) is 36.9 Å². The molecule has 0 bridgehead atoms. The van der Waals surface area contributed by atoms with Gasteiger partial charge in [-0.2, -0.15) is 0 Å². The maximum atomic E-state index is 12.1. The van der Waals surface area contributed by atoms with Gasteiger partial charge in [-0.3, -0.25) is 0 Å². The molecule has 2 nitrogen and oxygen atoms in total. The molecule has 0 fully saturated rings. The zero-order valence-corrected chi connectivity index (χ0v) is 10.6. The van der Waals surface area contributed by atoms with Crippen molar-refractivity contribution >= 4 is 0 Å². The lowest BCUT2D eigenvalue weighted by Gasteiger charge is -2.11. The second-order valence-electron chi connectivity index (χ2n) is 4.26. The van der Waals surface area contributed by atoms with Crippen LogP contribution in [0.3, 0.4) is 0 Å². The fourth-order valence-electron chi connectivity index (χ4n) is 1.79. The molecule has 102 valence electrons. The van der Waals surface area contributed by atoms with Crippen LogP contribution in [0.15, 0.2) is 18.2 Å². The molecule has 1 rings (SSSR count). The van der Waals surface area contributed by atoms with E-state index in [9.17, 15) is 13.2 Å². The Morgan fingerprint density at radius 3 is 2.50 bits per heavy atom. The number of unbranched alkanes of at least 4 members (excludes halogenated alkanes) is 1. The first kappa shape index (κ1) is 14.8. The molecule has 0 unspecified atom stereocenters. The van der Waals surface area contributed by atoms with Crippen LogP contribution in [0.25, 0.3) is 0 Å². The number of hydrogen-bond donors (Lipinski definition) is 1. The van der Waals surface area contributed by atoms with Crippen molar-refractivity contribution in [1.82, 2.24) is 5.32 Å². The highest BCUT2D eigenvalue weighted by Crippen LogP contribution is 2.25. The van der Waals surface area contributed by atoms with Crippen LogP contribution in [0, 0.1) is 6.92 Å². The average Bonchev–Trinajstić information content (AvgIpc) is 2.21. The highest BCUT2D eigenvalue weighted by molar-refractivity contribution is 5.34. The molecule has 0 aliphatic rings. The Morgan fingerprint density at radius 1 is 1.17 bits per heavy atom. The zero-order chi connectivity index (χ0) is 13.6. The number of rotatable bonds is 6. The lowest BCUT2D eigenvalue weighted by Crippen LogP contribution is -2.17. The summed E-state index contributed by atoms with van der Waals surface area (Å²) in [5, 5.41) is 3.03. The van der Waals surface area contributed by atoms with Crippen LogP contribution in [0.4, 0.5) is 13.2 Å². The van der Waals surface area contributed by atoms with Crippen molar-refractivity contribution in [3.05, 3.63) is 29.3 Å². The molecule has 5 heteroatoms. The monoisotopic (exact) mass is 261 g/mol. The van der Waals surface area contributed by atoms with Crippen LogP contribution >= 0.6 is 0 Å². The Kier molecular flexibility index (Phi) is 5.47. The molecule has 1 N–H and O–H groups in total. The van der Waals surface area contributed by atoms with Gasteiger partial charge >= 0.3 is 6.36 Å². The molecule has 0 radical (unpaired) electrons. The molecule has 0 aromatic heterocycles. The Balaban J connectivity index is 2.63. The van der Waals surface area contributed by atoms with Gasteiger partial charge in [-0.05, 0) is 63.0 Å². The smallest absolute Gasteiger partial charge is 0.406 e. The molecule has 0 spiro atoms. The lowest BCUT2D eigenvalue weighted by molar-refractivity contribution is -0.274. The fourth-order valence-corrected chi connectivity index (χ4v) is 1.79. The summed E-state index contributed by atoms with van der Waals surface area (Å²) in [5.41, 5.74) is 1.66. The van der Waals surface area contributed by atoms with Gasteiger partial charge in [-0.1, -0.05) is 6.07 Å². The van der Waals surface area contributed by atoms with Gasteiger partial charge in [0.25, 0.3) is 0 Å². The second-order valence-corrected chi connectivity index (χ2v) is 4.26. The summed E-state index contributed by atoms with van der Waals surface area (Å²) in [6.45, 7) is 2.68. The predicted octanol–water partition coefficient (Wildman–Crippen LogP) is 3.44. The summed E-state index contributed by atoms with van der Waals surface area (Å²) in [6, 6.07) is 4.74. The van der Waals surface area contributed by atoms with Gasteiger partial charge in [-0.25, -0.2) is 0 Å². The van der Waals surface area contributed by atoms with E-state index in [1.165, 1.54) is 12.1 Å². The molecule has 1 aromatic rings. The van der Waals surface area contributed by atoms with Gasteiger partial charge in [0.2, 0.25) is 0 Å². The van der Waals surface area contributed by atoms with Crippen molar-refractivity contribution in [2.75, 3.05) is 13.6 Å². The number of alkyl halides is 3. The Hall–Kier alpha value is -1.23. The minimum Gasteiger partial charge on any atom is -0.406 e. The summed E-state index contributed by atoms with van der Waals surface area (Å²) in [4.78, 5) is 0. The summed E-state index contributed by atoms with van der Waals surface area (Å²) in [5.74, 6) is -0.133. The average molecular weight is 261 g/mol. The predicted molar refractivity (Wildman–Crippen MR) is 64.7 cm³/mol. The van der Waals surface area contributed by atoms with E-state index in [2.05, 4.69) is 10.1 Å². The molecular formula is C13H18F3NO. The Labute approximate surface area is 105 Å².